The number of Topliss-reactive ketones (excluding diaryl/α,β-unsaturated/α-hetero) is 1. The molecule has 0 saturated carbocycles. The lowest BCUT2D eigenvalue weighted by Gasteiger charge is -2.23. The number of halogens is 1. The van der Waals surface area contributed by atoms with Crippen LogP contribution in [0.25, 0.3) is 11.3 Å². The van der Waals surface area contributed by atoms with Crippen LogP contribution in [0.5, 0.6) is 0 Å². The molecular weight excluding hydrogens is 525 g/mol. The quantitative estimate of drug-likeness (QED) is 0.210. The van der Waals surface area contributed by atoms with Gasteiger partial charge in [-0.1, -0.05) is 48.5 Å². The Balaban J connectivity index is 1.36. The monoisotopic (exact) mass is 559 g/mol. The van der Waals surface area contributed by atoms with E-state index in [0.717, 1.165) is 16.8 Å². The average Bonchev–Trinajstić information content (AvgIpc) is 3.72. The summed E-state index contributed by atoms with van der Waals surface area (Å²) in [6, 6.07) is 18.5. The van der Waals surface area contributed by atoms with Crippen LogP contribution in [0.15, 0.2) is 78.4 Å². The minimum Gasteiger partial charge on any atom is -0.364 e. The highest BCUT2D eigenvalue weighted by atomic mass is 19.1. The third kappa shape index (κ3) is 7.36. The molecule has 2 saturated heterocycles. The number of hydrogen-bond acceptors (Lipinski definition) is 5. The Hall–Kier alpha value is -4.08. The Morgan fingerprint density at radius 1 is 1.10 bits per heavy atom. The Bertz CT molecular complexity index is 1400. The minimum absolute atomic E-state index is 0.0649. The van der Waals surface area contributed by atoms with Gasteiger partial charge in [0.1, 0.15) is 5.82 Å². The predicted octanol–water partition coefficient (Wildman–Crippen LogP) is 3.93. The Morgan fingerprint density at radius 2 is 1.88 bits per heavy atom. The number of amides is 2. The van der Waals surface area contributed by atoms with E-state index in [1.165, 1.54) is 12.1 Å². The Morgan fingerprint density at radius 3 is 2.56 bits per heavy atom. The van der Waals surface area contributed by atoms with Crippen molar-refractivity contribution in [2.45, 2.75) is 44.4 Å². The van der Waals surface area contributed by atoms with Gasteiger partial charge >= 0.3 is 0 Å². The van der Waals surface area contributed by atoms with Crippen molar-refractivity contribution in [1.82, 2.24) is 15.6 Å². The van der Waals surface area contributed by atoms with Crippen molar-refractivity contribution >= 4 is 17.6 Å². The van der Waals surface area contributed by atoms with Gasteiger partial charge in [-0.2, -0.15) is 0 Å². The van der Waals surface area contributed by atoms with Gasteiger partial charge in [-0.05, 0) is 66.6 Å². The molecule has 0 spiro atoms. The van der Waals surface area contributed by atoms with Crippen LogP contribution in [0.2, 0.25) is 0 Å². The van der Waals surface area contributed by atoms with Gasteiger partial charge < -0.3 is 25.5 Å². The maximum atomic E-state index is 13.8. The number of ketones is 1. The molecule has 4 N–H and O–H groups in total. The Kier molecular flexibility index (Phi) is 9.06. The molecule has 214 valence electrons. The lowest BCUT2D eigenvalue weighted by atomic mass is 9.91. The zero-order valence-corrected chi connectivity index (χ0v) is 22.6. The summed E-state index contributed by atoms with van der Waals surface area (Å²) in [5.74, 6) is -2.05. The van der Waals surface area contributed by atoms with Crippen molar-refractivity contribution in [2.75, 3.05) is 13.2 Å². The summed E-state index contributed by atoms with van der Waals surface area (Å²) in [4.78, 5) is 42.6. The molecule has 9 heteroatoms. The first-order chi connectivity index (χ1) is 19.9. The van der Waals surface area contributed by atoms with Crippen molar-refractivity contribution < 1.29 is 28.6 Å². The second-order valence-electron chi connectivity index (χ2n) is 10.6. The fourth-order valence-electron chi connectivity index (χ4n) is 5.43. The van der Waals surface area contributed by atoms with E-state index < -0.39 is 18.2 Å². The lowest BCUT2D eigenvalue weighted by Crippen LogP contribution is -2.41. The summed E-state index contributed by atoms with van der Waals surface area (Å²) in [7, 11) is 0. The summed E-state index contributed by atoms with van der Waals surface area (Å²) in [6.45, 7) is 0.954. The van der Waals surface area contributed by atoms with Gasteiger partial charge in [0.25, 0.3) is 0 Å². The van der Waals surface area contributed by atoms with E-state index in [2.05, 4.69) is 15.6 Å². The fourth-order valence-corrected chi connectivity index (χ4v) is 5.43. The molecule has 3 aromatic rings. The second kappa shape index (κ2) is 13.1. The van der Waals surface area contributed by atoms with Crippen LogP contribution in [-0.2, 0) is 20.7 Å². The van der Waals surface area contributed by atoms with Gasteiger partial charge in [0.2, 0.25) is 11.8 Å². The number of aliphatic hydroxyl groups excluding tert-OH is 1. The Labute approximate surface area is 238 Å². The molecule has 5 rings (SSSR count). The molecule has 0 bridgehead atoms. The largest absolute Gasteiger partial charge is 0.364 e. The van der Waals surface area contributed by atoms with Gasteiger partial charge in [0.15, 0.2) is 12.1 Å². The molecule has 3 heterocycles. The second-order valence-corrected chi connectivity index (χ2v) is 10.6. The molecule has 8 nitrogen and oxygen atoms in total. The standard InChI is InChI=1S/C32H34FN3O5/c33-25-8-6-20(7-9-25)16-24(19-29(37)28-11-10-27(36-28)21-4-2-1-3-5-21)31(39)35-26(17-22-12-14-34-30(22)38)18-23-13-15-41-32(23)40/h1-11,18,22,24,26,32,36,40H,12-17,19H2,(H,34,38)(H,35,39)/b23-18+/t22-,24?,26-,32?/m0/s1. The first kappa shape index (κ1) is 28.4. The average molecular weight is 560 g/mol. The summed E-state index contributed by atoms with van der Waals surface area (Å²) in [5, 5.41) is 16.0. The van der Waals surface area contributed by atoms with Gasteiger partial charge in [-0.25, -0.2) is 4.39 Å². The van der Waals surface area contributed by atoms with Crippen LogP contribution in [0.1, 0.15) is 41.7 Å². The highest BCUT2D eigenvalue weighted by Gasteiger charge is 2.31. The third-order valence-corrected chi connectivity index (χ3v) is 7.70. The number of hydrogen-bond donors (Lipinski definition) is 4. The van der Waals surface area contributed by atoms with Gasteiger partial charge in [-0.3, -0.25) is 14.4 Å². The van der Waals surface area contributed by atoms with Gasteiger partial charge in [-0.15, -0.1) is 0 Å². The molecule has 2 amide bonds. The molecule has 1 aromatic heterocycles. The highest BCUT2D eigenvalue weighted by Crippen LogP contribution is 2.25. The highest BCUT2D eigenvalue weighted by molar-refractivity contribution is 5.98. The molecule has 2 aliphatic rings. The van der Waals surface area contributed by atoms with Crippen LogP contribution in [0, 0.1) is 17.7 Å². The number of H-pyrrole nitrogens is 1. The molecule has 2 fully saturated rings. The number of ether oxygens (including phenoxy) is 1. The summed E-state index contributed by atoms with van der Waals surface area (Å²) >= 11 is 0. The zero-order valence-electron chi connectivity index (χ0n) is 22.6. The number of aliphatic hydroxyl groups is 1. The summed E-state index contributed by atoms with van der Waals surface area (Å²) in [5.41, 5.74) is 3.51. The number of carbonyl (C=O) groups is 3. The number of nitrogens with one attached hydrogen (secondary N) is 3. The van der Waals surface area contributed by atoms with E-state index in [9.17, 15) is 23.9 Å². The van der Waals surface area contributed by atoms with Crippen LogP contribution in [0.4, 0.5) is 4.39 Å². The van der Waals surface area contributed by atoms with Crippen molar-refractivity contribution in [3.8, 4) is 11.3 Å². The summed E-state index contributed by atoms with van der Waals surface area (Å²) < 4.78 is 18.8. The smallest absolute Gasteiger partial charge is 0.224 e. The first-order valence-corrected chi connectivity index (χ1v) is 14.0. The predicted molar refractivity (Wildman–Crippen MR) is 151 cm³/mol. The number of aromatic nitrogens is 1. The van der Waals surface area contributed by atoms with Crippen LogP contribution in [-0.4, -0.2) is 53.2 Å². The normalized spacial score (nSPS) is 21.0. The molecule has 0 aliphatic carbocycles. The summed E-state index contributed by atoms with van der Waals surface area (Å²) in [6.07, 6.45) is 2.42. The van der Waals surface area contributed by atoms with Gasteiger partial charge in [0, 0.05) is 36.5 Å². The van der Waals surface area contributed by atoms with Crippen LogP contribution < -0.4 is 10.6 Å². The van der Waals surface area contributed by atoms with E-state index in [0.29, 0.717) is 43.7 Å². The molecule has 2 unspecified atom stereocenters. The maximum absolute atomic E-state index is 13.8. The van der Waals surface area contributed by atoms with Crippen molar-refractivity contribution in [1.29, 1.82) is 0 Å². The van der Waals surface area contributed by atoms with Crippen molar-refractivity contribution in [2.24, 2.45) is 11.8 Å². The van der Waals surface area contributed by atoms with Gasteiger partial charge in [0.05, 0.1) is 12.3 Å². The van der Waals surface area contributed by atoms with Crippen LogP contribution in [0.3, 0.4) is 0 Å². The first-order valence-electron chi connectivity index (χ1n) is 14.0. The number of benzene rings is 2. The fraction of sp³-hybridized carbons (Fsp3) is 0.344. The number of aromatic amines is 1. The van der Waals surface area contributed by atoms with E-state index in [-0.39, 0.29) is 42.2 Å². The third-order valence-electron chi connectivity index (χ3n) is 7.70. The molecule has 0 radical (unpaired) electrons. The molecule has 2 aromatic carbocycles. The maximum Gasteiger partial charge on any atom is 0.224 e. The minimum atomic E-state index is -1.05. The molecule has 41 heavy (non-hydrogen) atoms. The number of carbonyl (C=O) groups excluding carboxylic acids is 3. The number of rotatable bonds is 11. The topological polar surface area (TPSA) is 121 Å². The molecular formula is C32H34FN3O5. The zero-order chi connectivity index (χ0) is 28.8. The van der Waals surface area contributed by atoms with Crippen LogP contribution >= 0.6 is 0 Å². The van der Waals surface area contributed by atoms with E-state index in [4.69, 9.17) is 4.74 Å². The van der Waals surface area contributed by atoms with Crippen molar-refractivity contribution in [3.63, 3.8) is 0 Å². The van der Waals surface area contributed by atoms with Crippen molar-refractivity contribution in [3.05, 3.63) is 95.5 Å². The SMILES string of the molecule is O=C(CC(Cc1ccc(F)cc1)C(=O)N[C@H](/C=C1\CCOC1O)C[C@@H]1CCNC1=O)c1ccc(-c2ccccc2)[nH]1. The lowest BCUT2D eigenvalue weighted by molar-refractivity contribution is -0.126. The molecule has 4 atom stereocenters. The van der Waals surface area contributed by atoms with E-state index in [1.54, 1.807) is 24.3 Å². The molecule has 2 aliphatic heterocycles. The van der Waals surface area contributed by atoms with E-state index in [1.807, 2.05) is 36.4 Å². The van der Waals surface area contributed by atoms with E-state index >= 15 is 0 Å².